The van der Waals surface area contributed by atoms with E-state index in [9.17, 15) is 0 Å². The normalized spacial score (nSPS) is 18.0. The van der Waals surface area contributed by atoms with E-state index in [1.54, 1.807) is 13.3 Å². The Morgan fingerprint density at radius 1 is 1.32 bits per heavy atom. The molecule has 0 radical (unpaired) electrons. The smallest absolute Gasteiger partial charge is 0.217 e. The Kier molecular flexibility index (Phi) is 5.39. The molecule has 0 N–H and O–H groups in total. The van der Waals surface area contributed by atoms with Gasteiger partial charge in [0.25, 0.3) is 0 Å². The Hall–Kier alpha value is -1.92. The van der Waals surface area contributed by atoms with Crippen LogP contribution in [-0.2, 0) is 19.6 Å². The monoisotopic (exact) mass is 343 g/mol. The summed E-state index contributed by atoms with van der Waals surface area (Å²) < 4.78 is 7.79. The van der Waals surface area contributed by atoms with Crippen LogP contribution in [0.15, 0.2) is 24.5 Å². The lowest BCUT2D eigenvalue weighted by atomic mass is 10.1. The summed E-state index contributed by atoms with van der Waals surface area (Å²) in [6.45, 7) is 10.4. The van der Waals surface area contributed by atoms with Crippen LogP contribution in [0.5, 0.6) is 5.88 Å². The number of nitrogens with zero attached hydrogens (tertiary/aromatic N) is 5. The van der Waals surface area contributed by atoms with E-state index in [1.807, 2.05) is 12.3 Å². The zero-order valence-corrected chi connectivity index (χ0v) is 15.9. The zero-order valence-electron chi connectivity index (χ0n) is 15.9. The third-order valence-electron chi connectivity index (χ3n) is 5.21. The maximum atomic E-state index is 5.40. The molecule has 0 saturated carbocycles. The third kappa shape index (κ3) is 3.70. The SMILES string of the molecule is COc1ncccc1CN1CCn2c(CN(C)C(C)C)cnc2[C@H]1C. The lowest BCUT2D eigenvalue weighted by molar-refractivity contribution is 0.150. The fourth-order valence-electron chi connectivity index (χ4n) is 3.33. The predicted molar refractivity (Wildman–Crippen MR) is 98.4 cm³/mol. The van der Waals surface area contributed by atoms with Gasteiger partial charge in [-0.15, -0.1) is 0 Å². The van der Waals surface area contributed by atoms with Crippen LogP contribution in [0.2, 0.25) is 0 Å². The minimum atomic E-state index is 0.275. The van der Waals surface area contributed by atoms with Crippen LogP contribution < -0.4 is 4.74 Å². The molecule has 0 aliphatic carbocycles. The lowest BCUT2D eigenvalue weighted by Crippen LogP contribution is -2.37. The van der Waals surface area contributed by atoms with E-state index in [4.69, 9.17) is 9.72 Å². The Morgan fingerprint density at radius 3 is 2.84 bits per heavy atom. The van der Waals surface area contributed by atoms with Gasteiger partial charge < -0.3 is 9.30 Å². The van der Waals surface area contributed by atoms with Crippen molar-refractivity contribution in [2.24, 2.45) is 0 Å². The highest BCUT2D eigenvalue weighted by atomic mass is 16.5. The first-order valence-electron chi connectivity index (χ1n) is 8.97. The van der Waals surface area contributed by atoms with Gasteiger partial charge in [0, 0.05) is 50.2 Å². The van der Waals surface area contributed by atoms with Crippen molar-refractivity contribution in [2.45, 2.75) is 52.5 Å². The van der Waals surface area contributed by atoms with Crippen molar-refractivity contribution in [2.75, 3.05) is 20.7 Å². The molecule has 0 unspecified atom stereocenters. The summed E-state index contributed by atoms with van der Waals surface area (Å²) in [5, 5.41) is 0. The van der Waals surface area contributed by atoms with Gasteiger partial charge >= 0.3 is 0 Å². The van der Waals surface area contributed by atoms with Crippen molar-refractivity contribution in [3.8, 4) is 5.88 Å². The Bertz CT molecular complexity index is 712. The second-order valence-electron chi connectivity index (χ2n) is 7.09. The number of imidazole rings is 1. The van der Waals surface area contributed by atoms with E-state index < -0.39 is 0 Å². The highest BCUT2D eigenvalue weighted by Crippen LogP contribution is 2.28. The summed E-state index contributed by atoms with van der Waals surface area (Å²) in [7, 11) is 3.84. The summed E-state index contributed by atoms with van der Waals surface area (Å²) in [6.07, 6.45) is 3.81. The molecule has 1 atom stereocenters. The van der Waals surface area contributed by atoms with Crippen molar-refractivity contribution >= 4 is 0 Å². The summed E-state index contributed by atoms with van der Waals surface area (Å²) in [5.74, 6) is 1.86. The number of hydrogen-bond donors (Lipinski definition) is 0. The van der Waals surface area contributed by atoms with Gasteiger partial charge in [0.1, 0.15) is 5.82 Å². The van der Waals surface area contributed by atoms with Crippen LogP contribution in [0.25, 0.3) is 0 Å². The molecule has 0 aromatic carbocycles. The van der Waals surface area contributed by atoms with E-state index in [1.165, 1.54) is 5.69 Å². The Labute approximate surface area is 150 Å². The van der Waals surface area contributed by atoms with Gasteiger partial charge in [-0.1, -0.05) is 6.07 Å². The minimum absolute atomic E-state index is 0.275. The van der Waals surface area contributed by atoms with Gasteiger partial charge in [0.05, 0.1) is 18.8 Å². The number of ether oxygens (including phenoxy) is 1. The molecule has 136 valence electrons. The van der Waals surface area contributed by atoms with Crippen molar-refractivity contribution in [3.63, 3.8) is 0 Å². The van der Waals surface area contributed by atoms with Crippen LogP contribution >= 0.6 is 0 Å². The molecule has 1 aliphatic rings. The molecule has 0 fully saturated rings. The zero-order chi connectivity index (χ0) is 18.0. The van der Waals surface area contributed by atoms with Crippen molar-refractivity contribution in [1.29, 1.82) is 0 Å². The number of aromatic nitrogens is 3. The van der Waals surface area contributed by atoms with E-state index >= 15 is 0 Å². The predicted octanol–water partition coefficient (Wildman–Crippen LogP) is 2.70. The Morgan fingerprint density at radius 2 is 2.12 bits per heavy atom. The minimum Gasteiger partial charge on any atom is -0.481 e. The second-order valence-corrected chi connectivity index (χ2v) is 7.09. The molecule has 1 aliphatic heterocycles. The first-order chi connectivity index (χ1) is 12.0. The molecule has 0 bridgehead atoms. The van der Waals surface area contributed by atoms with E-state index in [0.29, 0.717) is 11.9 Å². The van der Waals surface area contributed by atoms with Crippen LogP contribution in [-0.4, -0.2) is 51.1 Å². The number of pyridine rings is 1. The topological polar surface area (TPSA) is 46.4 Å². The molecule has 2 aromatic rings. The maximum absolute atomic E-state index is 5.40. The van der Waals surface area contributed by atoms with Gasteiger partial charge in [0.2, 0.25) is 5.88 Å². The molecule has 25 heavy (non-hydrogen) atoms. The van der Waals surface area contributed by atoms with Crippen molar-refractivity contribution < 1.29 is 4.74 Å². The first kappa shape index (κ1) is 17.9. The molecule has 0 saturated heterocycles. The molecule has 0 amide bonds. The number of methoxy groups -OCH3 is 1. The van der Waals surface area contributed by atoms with Crippen molar-refractivity contribution in [3.05, 3.63) is 41.6 Å². The number of rotatable bonds is 6. The highest BCUT2D eigenvalue weighted by molar-refractivity contribution is 5.25. The molecule has 6 heteroatoms. The van der Waals surface area contributed by atoms with Gasteiger partial charge in [-0.2, -0.15) is 0 Å². The fraction of sp³-hybridized carbons (Fsp3) is 0.579. The maximum Gasteiger partial charge on any atom is 0.217 e. The standard InChI is InChI=1S/C19H29N5O/c1-14(2)22(4)13-17-11-21-18-15(3)23(9-10-24(17)18)12-16-7-6-8-20-19(16)25-5/h6-8,11,14-15H,9-10,12-13H2,1-5H3/t15-/m1/s1. The molecule has 3 heterocycles. The molecule has 2 aromatic heterocycles. The summed E-state index contributed by atoms with van der Waals surface area (Å²) in [5.41, 5.74) is 2.42. The van der Waals surface area contributed by atoms with Crippen LogP contribution in [0.1, 0.15) is 43.9 Å². The first-order valence-corrected chi connectivity index (χ1v) is 8.97. The summed E-state index contributed by atoms with van der Waals surface area (Å²) >= 11 is 0. The molecule has 0 spiro atoms. The highest BCUT2D eigenvalue weighted by Gasteiger charge is 2.28. The molecular weight excluding hydrogens is 314 g/mol. The quantitative estimate of drug-likeness (QED) is 0.807. The molecule has 3 rings (SSSR count). The summed E-state index contributed by atoms with van der Waals surface area (Å²) in [6, 6.07) is 4.86. The fourth-order valence-corrected chi connectivity index (χ4v) is 3.33. The third-order valence-corrected chi connectivity index (χ3v) is 5.21. The second kappa shape index (κ2) is 7.54. The van der Waals surface area contributed by atoms with Gasteiger partial charge in [-0.3, -0.25) is 9.80 Å². The van der Waals surface area contributed by atoms with Crippen LogP contribution in [0.4, 0.5) is 0 Å². The van der Waals surface area contributed by atoms with Crippen molar-refractivity contribution in [1.82, 2.24) is 24.3 Å². The van der Waals surface area contributed by atoms with Gasteiger partial charge in [0.15, 0.2) is 0 Å². The van der Waals surface area contributed by atoms with E-state index in [2.05, 4.69) is 53.2 Å². The lowest BCUT2D eigenvalue weighted by Gasteiger charge is -2.35. The van der Waals surface area contributed by atoms with Gasteiger partial charge in [-0.25, -0.2) is 9.97 Å². The van der Waals surface area contributed by atoms with E-state index in [-0.39, 0.29) is 6.04 Å². The van der Waals surface area contributed by atoms with Gasteiger partial charge in [-0.05, 0) is 33.9 Å². The number of hydrogen-bond acceptors (Lipinski definition) is 5. The molecule has 6 nitrogen and oxygen atoms in total. The largest absolute Gasteiger partial charge is 0.481 e. The Balaban J connectivity index is 1.76. The average Bonchev–Trinajstić information content (AvgIpc) is 3.01. The van der Waals surface area contributed by atoms with Crippen LogP contribution in [0, 0.1) is 0 Å². The average molecular weight is 343 g/mol. The molecular formula is C19H29N5O. The number of fused-ring (bicyclic) bond motifs is 1. The summed E-state index contributed by atoms with van der Waals surface area (Å²) in [4.78, 5) is 13.8. The van der Waals surface area contributed by atoms with Crippen LogP contribution in [0.3, 0.4) is 0 Å². The van der Waals surface area contributed by atoms with E-state index in [0.717, 1.165) is 37.6 Å².